The number of hydrogen-bond acceptors (Lipinski definition) is 2. The molecule has 1 aliphatic rings. The van der Waals surface area contributed by atoms with E-state index in [0.717, 1.165) is 29.1 Å². The number of alkyl halides is 1. The third-order valence-electron chi connectivity index (χ3n) is 4.83. The molecule has 3 rings (SSSR count). The summed E-state index contributed by atoms with van der Waals surface area (Å²) >= 11 is 6.00. The first kappa shape index (κ1) is 14.8. The molecule has 1 unspecified atom stereocenters. The second-order valence-electron chi connectivity index (χ2n) is 6.88. The van der Waals surface area contributed by atoms with E-state index >= 15 is 0 Å². The van der Waals surface area contributed by atoms with Gasteiger partial charge in [-0.3, -0.25) is 0 Å². The van der Waals surface area contributed by atoms with Gasteiger partial charge in [0.2, 0.25) is 0 Å². The van der Waals surface area contributed by atoms with Crippen molar-refractivity contribution < 1.29 is 0 Å². The highest BCUT2D eigenvalue weighted by atomic mass is 35.5. The number of rotatable bonds is 3. The second-order valence-corrected chi connectivity index (χ2v) is 7.26. The molecule has 0 aromatic carbocycles. The molecule has 0 aliphatic heterocycles. The first-order chi connectivity index (χ1) is 10.0. The normalized spacial score (nSPS) is 21.8. The lowest BCUT2D eigenvalue weighted by molar-refractivity contribution is 0.144. The van der Waals surface area contributed by atoms with E-state index < -0.39 is 0 Å². The monoisotopic (exact) mass is 305 g/mol. The molecular formula is C17H24ClN3. The van der Waals surface area contributed by atoms with Crippen LogP contribution in [0.1, 0.15) is 57.1 Å². The maximum Gasteiger partial charge on any atom is 0.160 e. The van der Waals surface area contributed by atoms with Crippen LogP contribution in [0.3, 0.4) is 0 Å². The van der Waals surface area contributed by atoms with Crippen LogP contribution >= 0.6 is 11.6 Å². The van der Waals surface area contributed by atoms with Gasteiger partial charge in [-0.05, 0) is 37.3 Å². The van der Waals surface area contributed by atoms with Crippen molar-refractivity contribution in [1.82, 2.24) is 14.5 Å². The summed E-state index contributed by atoms with van der Waals surface area (Å²) in [5, 5.41) is 0. The van der Waals surface area contributed by atoms with E-state index in [-0.39, 0.29) is 0 Å². The van der Waals surface area contributed by atoms with Gasteiger partial charge in [0.15, 0.2) is 5.65 Å². The first-order valence-corrected chi connectivity index (χ1v) is 8.47. The number of aromatic nitrogens is 3. The third-order valence-corrected chi connectivity index (χ3v) is 5.02. The van der Waals surface area contributed by atoms with Gasteiger partial charge in [0.05, 0.1) is 0 Å². The second kappa shape index (κ2) is 5.60. The van der Waals surface area contributed by atoms with Gasteiger partial charge in [-0.2, -0.15) is 0 Å². The van der Waals surface area contributed by atoms with Crippen LogP contribution in [0, 0.1) is 12.3 Å². The average molecular weight is 306 g/mol. The Labute approximate surface area is 131 Å². The van der Waals surface area contributed by atoms with Crippen LogP contribution in [0.5, 0.6) is 0 Å². The molecule has 3 nitrogen and oxygen atoms in total. The van der Waals surface area contributed by atoms with Crippen molar-refractivity contribution in [3.63, 3.8) is 0 Å². The number of nitrogens with zero attached hydrogens (tertiary/aromatic N) is 3. The topological polar surface area (TPSA) is 30.7 Å². The molecule has 0 spiro atoms. The summed E-state index contributed by atoms with van der Waals surface area (Å²) in [6, 6.07) is 4.60. The molecule has 2 aromatic rings. The van der Waals surface area contributed by atoms with E-state index in [1.165, 1.54) is 25.7 Å². The minimum absolute atomic E-state index is 0.290. The van der Waals surface area contributed by atoms with Crippen molar-refractivity contribution in [1.29, 1.82) is 0 Å². The van der Waals surface area contributed by atoms with Gasteiger partial charge in [0.1, 0.15) is 11.3 Å². The number of fused-ring (bicyclic) bond motifs is 1. The largest absolute Gasteiger partial charge is 0.309 e. The molecule has 0 radical (unpaired) electrons. The van der Waals surface area contributed by atoms with Crippen LogP contribution in [0.4, 0.5) is 0 Å². The van der Waals surface area contributed by atoms with E-state index in [1.807, 2.05) is 13.0 Å². The Morgan fingerprint density at radius 1 is 1.29 bits per heavy atom. The number of halogens is 1. The molecule has 1 aliphatic carbocycles. The average Bonchev–Trinajstić information content (AvgIpc) is 2.76. The van der Waals surface area contributed by atoms with E-state index in [4.69, 9.17) is 21.6 Å². The van der Waals surface area contributed by atoms with Gasteiger partial charge in [-0.25, -0.2) is 9.97 Å². The maximum atomic E-state index is 6.00. The number of imidazole rings is 1. The molecule has 2 heterocycles. The summed E-state index contributed by atoms with van der Waals surface area (Å²) in [5.74, 6) is 1.70. The standard InChI is InChI=1S/C17H24ClN3/c1-12-7-8-13-16(19-12)21(15(20-13)9-11-18)14-6-4-5-10-17(14,2)3/h7-8,14H,4-6,9-11H2,1-3H3. The Kier molecular flexibility index (Phi) is 3.96. The van der Waals surface area contributed by atoms with Crippen molar-refractivity contribution in [3.8, 4) is 0 Å². The number of pyridine rings is 1. The highest BCUT2D eigenvalue weighted by molar-refractivity contribution is 6.17. The fraction of sp³-hybridized carbons (Fsp3) is 0.647. The summed E-state index contributed by atoms with van der Waals surface area (Å²) < 4.78 is 2.39. The van der Waals surface area contributed by atoms with Gasteiger partial charge in [-0.15, -0.1) is 11.6 Å². The van der Waals surface area contributed by atoms with E-state index in [9.17, 15) is 0 Å². The van der Waals surface area contributed by atoms with Crippen LogP contribution in [-0.4, -0.2) is 20.4 Å². The molecule has 0 N–H and O–H groups in total. The molecular weight excluding hydrogens is 282 g/mol. The van der Waals surface area contributed by atoms with Crippen molar-refractivity contribution in [2.75, 3.05) is 5.88 Å². The Hall–Kier alpha value is -1.09. The minimum atomic E-state index is 0.290. The molecule has 1 fully saturated rings. The van der Waals surface area contributed by atoms with Gasteiger partial charge in [0.25, 0.3) is 0 Å². The molecule has 0 saturated heterocycles. The zero-order valence-electron chi connectivity index (χ0n) is 13.2. The number of hydrogen-bond donors (Lipinski definition) is 0. The molecule has 114 valence electrons. The summed E-state index contributed by atoms with van der Waals surface area (Å²) in [7, 11) is 0. The lowest BCUT2D eigenvalue weighted by atomic mass is 9.73. The van der Waals surface area contributed by atoms with Gasteiger partial charge in [-0.1, -0.05) is 26.7 Å². The van der Waals surface area contributed by atoms with Crippen molar-refractivity contribution in [2.24, 2.45) is 5.41 Å². The van der Waals surface area contributed by atoms with E-state index in [0.29, 0.717) is 17.3 Å². The molecule has 0 bridgehead atoms. The highest BCUT2D eigenvalue weighted by Gasteiger charge is 2.35. The molecule has 1 saturated carbocycles. The number of aryl methyl sites for hydroxylation is 2. The Morgan fingerprint density at radius 2 is 2.10 bits per heavy atom. The van der Waals surface area contributed by atoms with Crippen molar-refractivity contribution in [3.05, 3.63) is 23.7 Å². The SMILES string of the molecule is Cc1ccc2nc(CCCl)n(C3CCCCC3(C)C)c2n1. The van der Waals surface area contributed by atoms with E-state index in [2.05, 4.69) is 24.5 Å². The van der Waals surface area contributed by atoms with Crippen LogP contribution in [-0.2, 0) is 6.42 Å². The highest BCUT2D eigenvalue weighted by Crippen LogP contribution is 2.45. The predicted molar refractivity (Wildman–Crippen MR) is 88.0 cm³/mol. The molecule has 21 heavy (non-hydrogen) atoms. The van der Waals surface area contributed by atoms with Crippen molar-refractivity contribution >= 4 is 22.8 Å². The Bertz CT molecular complexity index is 645. The summed E-state index contributed by atoms with van der Waals surface area (Å²) in [5.41, 5.74) is 3.38. The summed E-state index contributed by atoms with van der Waals surface area (Å²) in [6.45, 7) is 6.80. The van der Waals surface area contributed by atoms with Gasteiger partial charge in [0, 0.05) is 24.0 Å². The van der Waals surface area contributed by atoms with Crippen molar-refractivity contribution in [2.45, 2.75) is 58.9 Å². The van der Waals surface area contributed by atoms with Gasteiger partial charge >= 0.3 is 0 Å². The molecule has 2 aromatic heterocycles. The smallest absolute Gasteiger partial charge is 0.160 e. The van der Waals surface area contributed by atoms with Crippen LogP contribution in [0.25, 0.3) is 11.2 Å². The van der Waals surface area contributed by atoms with Crippen LogP contribution < -0.4 is 0 Å². The zero-order valence-corrected chi connectivity index (χ0v) is 14.0. The van der Waals surface area contributed by atoms with Gasteiger partial charge < -0.3 is 4.57 Å². The summed E-state index contributed by atoms with van der Waals surface area (Å²) in [6.07, 6.45) is 5.91. The zero-order chi connectivity index (χ0) is 15.0. The van der Waals surface area contributed by atoms with Crippen LogP contribution in [0.15, 0.2) is 12.1 Å². The maximum absolute atomic E-state index is 6.00. The Morgan fingerprint density at radius 3 is 2.81 bits per heavy atom. The molecule has 0 amide bonds. The lowest BCUT2D eigenvalue weighted by Gasteiger charge is -2.40. The predicted octanol–water partition coefficient (Wildman–Crippen LogP) is 4.66. The third kappa shape index (κ3) is 2.68. The van der Waals surface area contributed by atoms with E-state index in [1.54, 1.807) is 0 Å². The first-order valence-electron chi connectivity index (χ1n) is 7.93. The fourth-order valence-electron chi connectivity index (χ4n) is 3.66. The fourth-order valence-corrected chi connectivity index (χ4v) is 3.83. The van der Waals surface area contributed by atoms with Crippen LogP contribution in [0.2, 0.25) is 0 Å². The minimum Gasteiger partial charge on any atom is -0.309 e. The lowest BCUT2D eigenvalue weighted by Crippen LogP contribution is -2.31. The molecule has 4 heteroatoms. The Balaban J connectivity index is 2.18. The quantitative estimate of drug-likeness (QED) is 0.772. The molecule has 1 atom stereocenters. The summed E-state index contributed by atoms with van der Waals surface area (Å²) in [4.78, 5) is 9.58.